The molecular weight excluding hydrogens is 507 g/mol. The van der Waals surface area contributed by atoms with E-state index in [1.165, 1.54) is 24.3 Å². The largest absolute Gasteiger partial charge is 0.480 e. The van der Waals surface area contributed by atoms with E-state index < -0.39 is 41.1 Å². The third kappa shape index (κ3) is 5.55. The predicted molar refractivity (Wildman–Crippen MR) is 116 cm³/mol. The summed E-state index contributed by atoms with van der Waals surface area (Å²) in [7, 11) is -7.95. The fourth-order valence-corrected chi connectivity index (χ4v) is 4.60. The van der Waals surface area contributed by atoms with Gasteiger partial charge in [-0.25, -0.2) is 26.8 Å². The van der Waals surface area contributed by atoms with Gasteiger partial charge in [-0.2, -0.15) is 0 Å². The Morgan fingerprint density at radius 2 is 1.00 bits per heavy atom. The van der Waals surface area contributed by atoms with Crippen molar-refractivity contribution in [3.05, 3.63) is 47.0 Å². The molecule has 32 heavy (non-hydrogen) atoms. The number of sulfone groups is 2. The fraction of sp³-hybridized carbons (Fsp3) is 0.333. The molecule has 14 heteroatoms. The van der Waals surface area contributed by atoms with Crippen LogP contribution in [0.1, 0.15) is 27.7 Å². The number of halogens is 2. The molecule has 0 spiro atoms. The van der Waals surface area contributed by atoms with Crippen molar-refractivity contribution in [3.8, 4) is 0 Å². The van der Waals surface area contributed by atoms with Gasteiger partial charge in [-0.3, -0.25) is 9.59 Å². The summed E-state index contributed by atoms with van der Waals surface area (Å²) in [5.74, 6) is -2.83. The third-order valence-electron chi connectivity index (χ3n) is 4.39. The number of rotatable bonds is 6. The summed E-state index contributed by atoms with van der Waals surface area (Å²) >= 11 is 11.0. The van der Waals surface area contributed by atoms with Crippen LogP contribution in [-0.2, 0) is 29.3 Å². The monoisotopic (exact) mass is 526 g/mol. The van der Waals surface area contributed by atoms with Crippen LogP contribution < -0.4 is 0 Å². The molecule has 2 aromatic heterocycles. The maximum absolute atomic E-state index is 11.9. The minimum absolute atomic E-state index is 0.145. The zero-order valence-corrected chi connectivity index (χ0v) is 20.4. The van der Waals surface area contributed by atoms with Gasteiger partial charge in [-0.15, -0.1) is 0 Å². The molecule has 0 aliphatic heterocycles. The average molecular weight is 527 g/mol. The lowest BCUT2D eigenvalue weighted by Gasteiger charge is -2.19. The highest BCUT2D eigenvalue weighted by atomic mass is 35.5. The highest BCUT2D eigenvalue weighted by molar-refractivity contribution is 7.93. The SMILES string of the molecule is CC(C)(C(=O)O)S(=O)(=O)c1ccc(Cl)nc1.CC(C)(C(=O)O)S(=O)(=O)c1ccc(Cl)nc1. The Labute approximate surface area is 195 Å². The van der Waals surface area contributed by atoms with Gasteiger partial charge in [0.25, 0.3) is 0 Å². The Morgan fingerprint density at radius 3 is 1.19 bits per heavy atom. The number of carboxylic acids is 2. The Morgan fingerprint density at radius 1 is 0.719 bits per heavy atom. The highest BCUT2D eigenvalue weighted by Gasteiger charge is 2.44. The van der Waals surface area contributed by atoms with Crippen LogP contribution in [0.5, 0.6) is 0 Å². The fourth-order valence-electron chi connectivity index (χ4n) is 1.86. The van der Waals surface area contributed by atoms with Crippen molar-refractivity contribution in [2.45, 2.75) is 47.0 Å². The van der Waals surface area contributed by atoms with Gasteiger partial charge < -0.3 is 10.2 Å². The molecule has 0 aliphatic carbocycles. The highest BCUT2D eigenvalue weighted by Crippen LogP contribution is 2.26. The van der Waals surface area contributed by atoms with E-state index in [1.54, 1.807) is 0 Å². The van der Waals surface area contributed by atoms with Crippen LogP contribution in [0.3, 0.4) is 0 Å². The number of hydrogen-bond donors (Lipinski definition) is 2. The second kappa shape index (κ2) is 9.69. The molecule has 0 saturated heterocycles. The van der Waals surface area contributed by atoms with E-state index in [0.717, 1.165) is 40.1 Å². The standard InChI is InChI=1S/2C9H10ClNO4S/c2*1-9(2,8(12)13)16(14,15)6-3-4-7(10)11-5-6/h2*3-5H,1-2H3,(H,12,13). The number of carboxylic acid groups (broad SMARTS) is 2. The van der Waals surface area contributed by atoms with Crippen LogP contribution in [0.2, 0.25) is 10.3 Å². The van der Waals surface area contributed by atoms with E-state index in [9.17, 15) is 26.4 Å². The molecule has 2 aromatic rings. The van der Waals surface area contributed by atoms with Gasteiger partial charge in [0.05, 0.1) is 9.79 Å². The van der Waals surface area contributed by atoms with Gasteiger partial charge in [0.2, 0.25) is 0 Å². The smallest absolute Gasteiger partial charge is 0.324 e. The van der Waals surface area contributed by atoms with Crippen molar-refractivity contribution in [2.24, 2.45) is 0 Å². The third-order valence-corrected chi connectivity index (χ3v) is 9.60. The molecule has 0 fully saturated rings. The van der Waals surface area contributed by atoms with E-state index in [0.29, 0.717) is 0 Å². The summed E-state index contributed by atoms with van der Waals surface area (Å²) in [6.45, 7) is 4.50. The van der Waals surface area contributed by atoms with Crippen molar-refractivity contribution in [1.82, 2.24) is 9.97 Å². The summed E-state index contributed by atoms with van der Waals surface area (Å²) in [6.07, 6.45) is 2.09. The molecule has 10 nitrogen and oxygen atoms in total. The lowest BCUT2D eigenvalue weighted by atomic mass is 10.2. The first-order valence-corrected chi connectivity index (χ1v) is 12.3. The van der Waals surface area contributed by atoms with Crippen molar-refractivity contribution >= 4 is 54.8 Å². The number of hydrogen-bond acceptors (Lipinski definition) is 8. The van der Waals surface area contributed by atoms with Crippen LogP contribution in [0.25, 0.3) is 0 Å². The lowest BCUT2D eigenvalue weighted by molar-refractivity contribution is -0.140. The van der Waals surface area contributed by atoms with E-state index >= 15 is 0 Å². The lowest BCUT2D eigenvalue weighted by Crippen LogP contribution is -2.40. The molecule has 176 valence electrons. The topological polar surface area (TPSA) is 169 Å². The average Bonchev–Trinajstić information content (AvgIpc) is 2.68. The van der Waals surface area contributed by atoms with Crippen LogP contribution >= 0.6 is 23.2 Å². The zero-order chi connectivity index (χ0) is 25.1. The Bertz CT molecular complexity index is 1110. The maximum atomic E-state index is 11.9. The molecule has 2 rings (SSSR count). The molecule has 0 aromatic carbocycles. The van der Waals surface area contributed by atoms with Crippen LogP contribution in [0.15, 0.2) is 46.5 Å². The van der Waals surface area contributed by atoms with E-state index in [1.807, 2.05) is 0 Å². The van der Waals surface area contributed by atoms with E-state index in [-0.39, 0.29) is 20.1 Å². The first kappa shape index (κ1) is 27.8. The van der Waals surface area contributed by atoms with Crippen LogP contribution in [-0.4, -0.2) is 58.4 Å². The molecule has 0 aliphatic rings. The van der Waals surface area contributed by atoms with Gasteiger partial charge in [0.1, 0.15) is 10.3 Å². The van der Waals surface area contributed by atoms with Crippen molar-refractivity contribution in [1.29, 1.82) is 0 Å². The summed E-state index contributed by atoms with van der Waals surface area (Å²) < 4.78 is 44.0. The van der Waals surface area contributed by atoms with Gasteiger partial charge in [0, 0.05) is 12.4 Å². The number of nitrogens with zero attached hydrogens (tertiary/aromatic N) is 2. The van der Waals surface area contributed by atoms with E-state index in [2.05, 4.69) is 9.97 Å². The van der Waals surface area contributed by atoms with Gasteiger partial charge in [-0.05, 0) is 52.0 Å². The Hall–Kier alpha value is -2.28. The summed E-state index contributed by atoms with van der Waals surface area (Å²) in [6, 6.07) is 5.06. The quantitative estimate of drug-likeness (QED) is 0.533. The summed E-state index contributed by atoms with van der Waals surface area (Å²) in [5, 5.41) is 18.0. The molecule has 0 bridgehead atoms. The van der Waals surface area contributed by atoms with Gasteiger partial charge in [0.15, 0.2) is 29.2 Å². The van der Waals surface area contributed by atoms with Crippen LogP contribution in [0, 0.1) is 0 Å². The zero-order valence-electron chi connectivity index (χ0n) is 17.3. The Kier molecular flexibility index (Phi) is 8.41. The van der Waals surface area contributed by atoms with Crippen molar-refractivity contribution < 1.29 is 36.6 Å². The minimum atomic E-state index is -3.98. The summed E-state index contributed by atoms with van der Waals surface area (Å²) in [4.78, 5) is 28.7. The number of carbonyl (C=O) groups is 2. The normalized spacial score (nSPS) is 12.4. The van der Waals surface area contributed by atoms with Crippen molar-refractivity contribution in [3.63, 3.8) is 0 Å². The second-order valence-electron chi connectivity index (χ2n) is 7.27. The molecule has 0 atom stereocenters. The first-order valence-electron chi connectivity index (χ1n) is 8.58. The minimum Gasteiger partial charge on any atom is -0.480 e. The number of aromatic nitrogens is 2. The Balaban J connectivity index is 0.000000320. The molecule has 2 N–H and O–H groups in total. The molecule has 2 heterocycles. The summed E-state index contributed by atoms with van der Waals surface area (Å²) in [5.41, 5.74) is 0. The first-order chi connectivity index (χ1) is 14.4. The number of aliphatic carboxylic acids is 2. The van der Waals surface area contributed by atoms with Gasteiger partial charge in [-0.1, -0.05) is 23.2 Å². The molecule has 0 amide bonds. The number of pyridine rings is 2. The van der Waals surface area contributed by atoms with Crippen LogP contribution in [0.4, 0.5) is 0 Å². The van der Waals surface area contributed by atoms with Gasteiger partial charge >= 0.3 is 11.9 Å². The van der Waals surface area contributed by atoms with E-state index in [4.69, 9.17) is 33.4 Å². The molecule has 0 radical (unpaired) electrons. The second-order valence-corrected chi connectivity index (χ2v) is 13.0. The maximum Gasteiger partial charge on any atom is 0.324 e. The molecular formula is C18H20Cl2N2O8S2. The predicted octanol–water partition coefficient (Wildman–Crippen LogP) is 2.74. The molecule has 0 saturated carbocycles. The van der Waals surface area contributed by atoms with Crippen molar-refractivity contribution in [2.75, 3.05) is 0 Å². The molecule has 0 unspecified atom stereocenters.